The second kappa shape index (κ2) is 9.79. The van der Waals surface area contributed by atoms with Crippen molar-refractivity contribution in [3.8, 4) is 0 Å². The van der Waals surface area contributed by atoms with E-state index in [4.69, 9.17) is 11.6 Å². The summed E-state index contributed by atoms with van der Waals surface area (Å²) in [5, 5.41) is 4.96. The number of sulfonamides is 1. The van der Waals surface area contributed by atoms with Crippen LogP contribution in [0.3, 0.4) is 0 Å². The molecule has 168 valence electrons. The number of anilines is 1. The molecule has 2 aromatic carbocycles. The molecule has 4 rings (SSSR count). The first-order valence-corrected chi connectivity index (χ1v) is 13.2. The third kappa shape index (κ3) is 5.26. The molecular weight excluding hydrogens is 466 g/mol. The molecule has 0 bridgehead atoms. The van der Waals surface area contributed by atoms with E-state index in [0.717, 1.165) is 30.2 Å². The number of nitrogens with one attached hydrogen (secondary N) is 1. The molecule has 0 atom stereocenters. The summed E-state index contributed by atoms with van der Waals surface area (Å²) in [6, 6.07) is 13.9. The number of aryl methyl sites for hydroxylation is 1. The van der Waals surface area contributed by atoms with E-state index in [2.05, 4.69) is 10.3 Å². The number of halogens is 1. The van der Waals surface area contributed by atoms with Crippen LogP contribution in [0, 0.1) is 6.92 Å². The lowest BCUT2D eigenvalue weighted by atomic mass is 10.1. The first kappa shape index (κ1) is 23.0. The van der Waals surface area contributed by atoms with Gasteiger partial charge in [-0.1, -0.05) is 29.8 Å². The fourth-order valence-electron chi connectivity index (χ4n) is 3.70. The maximum atomic E-state index is 13.0. The number of carbonyl (C=O) groups excluding carboxylic acids is 1. The van der Waals surface area contributed by atoms with E-state index in [0.29, 0.717) is 39.2 Å². The predicted molar refractivity (Wildman–Crippen MR) is 130 cm³/mol. The minimum Gasteiger partial charge on any atom is -0.325 e. The highest BCUT2D eigenvalue weighted by molar-refractivity contribution is 7.99. The number of rotatable bonds is 6. The number of thioether (sulfide) groups is 1. The smallest absolute Gasteiger partial charge is 0.243 e. The van der Waals surface area contributed by atoms with Gasteiger partial charge in [0.05, 0.1) is 21.2 Å². The minimum absolute atomic E-state index is 0.139. The minimum atomic E-state index is -3.50. The maximum absolute atomic E-state index is 13.0. The summed E-state index contributed by atoms with van der Waals surface area (Å²) < 4.78 is 27.6. The van der Waals surface area contributed by atoms with Gasteiger partial charge in [-0.25, -0.2) is 13.4 Å². The Bertz CT molecular complexity index is 1240. The van der Waals surface area contributed by atoms with Crippen molar-refractivity contribution in [2.45, 2.75) is 36.1 Å². The molecule has 1 saturated heterocycles. The highest BCUT2D eigenvalue weighted by atomic mass is 35.5. The number of carbonyl (C=O) groups is 1. The average Bonchev–Trinajstić information content (AvgIpc) is 2.79. The number of benzene rings is 2. The molecule has 0 aliphatic carbocycles. The van der Waals surface area contributed by atoms with E-state index < -0.39 is 10.0 Å². The van der Waals surface area contributed by atoms with Gasteiger partial charge in [0.1, 0.15) is 0 Å². The lowest BCUT2D eigenvalue weighted by Crippen LogP contribution is -2.35. The molecule has 1 amide bonds. The third-order valence-corrected chi connectivity index (χ3v) is 8.45. The first-order valence-electron chi connectivity index (χ1n) is 10.4. The Labute approximate surface area is 197 Å². The number of hydrogen-bond acceptors (Lipinski definition) is 5. The van der Waals surface area contributed by atoms with Gasteiger partial charge in [-0.3, -0.25) is 4.79 Å². The Hall–Kier alpha value is -2.13. The van der Waals surface area contributed by atoms with E-state index in [-0.39, 0.29) is 11.7 Å². The Morgan fingerprint density at radius 2 is 1.81 bits per heavy atom. The molecule has 0 radical (unpaired) electrons. The van der Waals surface area contributed by atoms with Crippen LogP contribution in [0.4, 0.5) is 5.69 Å². The lowest BCUT2D eigenvalue weighted by molar-refractivity contribution is -0.113. The zero-order valence-electron chi connectivity index (χ0n) is 17.7. The van der Waals surface area contributed by atoms with E-state index >= 15 is 0 Å². The zero-order chi connectivity index (χ0) is 22.7. The van der Waals surface area contributed by atoms with Gasteiger partial charge < -0.3 is 5.32 Å². The Kier molecular flexibility index (Phi) is 7.05. The van der Waals surface area contributed by atoms with Crippen LogP contribution < -0.4 is 5.32 Å². The normalized spacial score (nSPS) is 15.1. The van der Waals surface area contributed by atoms with Gasteiger partial charge >= 0.3 is 0 Å². The molecule has 1 aliphatic rings. The third-order valence-electron chi connectivity index (χ3n) is 5.40. The van der Waals surface area contributed by atoms with Crippen LogP contribution in [0.5, 0.6) is 0 Å². The van der Waals surface area contributed by atoms with E-state index in [1.54, 1.807) is 46.8 Å². The molecule has 1 fully saturated rings. The lowest BCUT2D eigenvalue weighted by Gasteiger charge is -2.26. The molecule has 0 saturated carbocycles. The van der Waals surface area contributed by atoms with Gasteiger partial charge in [0.2, 0.25) is 15.9 Å². The summed E-state index contributed by atoms with van der Waals surface area (Å²) in [7, 11) is -3.50. The predicted octanol–water partition coefficient (Wildman–Crippen LogP) is 5.10. The molecule has 1 aromatic heterocycles. The van der Waals surface area contributed by atoms with Gasteiger partial charge in [0, 0.05) is 29.2 Å². The van der Waals surface area contributed by atoms with Crippen molar-refractivity contribution in [3.63, 3.8) is 0 Å². The van der Waals surface area contributed by atoms with Crippen molar-refractivity contribution in [2.75, 3.05) is 24.2 Å². The Morgan fingerprint density at radius 3 is 2.53 bits per heavy atom. The maximum Gasteiger partial charge on any atom is 0.243 e. The highest BCUT2D eigenvalue weighted by Gasteiger charge is 2.26. The monoisotopic (exact) mass is 489 g/mol. The van der Waals surface area contributed by atoms with Crippen molar-refractivity contribution in [3.05, 3.63) is 59.1 Å². The topological polar surface area (TPSA) is 79.4 Å². The van der Waals surface area contributed by atoms with E-state index in [9.17, 15) is 13.2 Å². The van der Waals surface area contributed by atoms with Crippen LogP contribution in [0.15, 0.2) is 58.5 Å². The first-order chi connectivity index (χ1) is 15.3. The van der Waals surface area contributed by atoms with Crippen LogP contribution in [0.25, 0.3) is 10.9 Å². The van der Waals surface area contributed by atoms with Crippen molar-refractivity contribution < 1.29 is 13.2 Å². The second-order valence-corrected chi connectivity index (χ2v) is 11.1. The van der Waals surface area contributed by atoms with Crippen LogP contribution in [0.1, 0.15) is 24.8 Å². The molecule has 0 spiro atoms. The van der Waals surface area contributed by atoms with E-state index in [1.165, 1.54) is 11.8 Å². The van der Waals surface area contributed by atoms with Gasteiger partial charge in [-0.05, 0) is 73.9 Å². The molecule has 0 unspecified atom stereocenters. The average molecular weight is 490 g/mol. The SMILES string of the molecule is Cc1cc(SCC(=O)Nc2ccc(Cl)cc2)nc2ccc(S(=O)(=O)N3CCCCC3)cc12. The van der Waals surface area contributed by atoms with Crippen LogP contribution >= 0.6 is 23.4 Å². The van der Waals surface area contributed by atoms with Crippen molar-refractivity contribution >= 4 is 55.9 Å². The van der Waals surface area contributed by atoms with E-state index in [1.807, 2.05) is 13.0 Å². The number of amides is 1. The standard InChI is InChI=1S/C23H24ClN3O3S2/c1-16-13-23(31-15-22(28)25-18-7-5-17(24)6-8-18)26-21-10-9-19(14-20(16)21)32(29,30)27-11-3-2-4-12-27/h5-10,13-14H,2-4,11-12,15H2,1H3,(H,25,28). The van der Waals surface area contributed by atoms with Gasteiger partial charge in [0.15, 0.2) is 0 Å². The fraction of sp³-hybridized carbons (Fsp3) is 0.304. The van der Waals surface area contributed by atoms with Gasteiger partial charge in [-0.15, -0.1) is 0 Å². The largest absolute Gasteiger partial charge is 0.325 e. The van der Waals surface area contributed by atoms with Gasteiger partial charge in [-0.2, -0.15) is 4.31 Å². The number of nitrogens with zero attached hydrogens (tertiary/aromatic N) is 2. The molecule has 1 aliphatic heterocycles. The number of fused-ring (bicyclic) bond motifs is 1. The quantitative estimate of drug-likeness (QED) is 0.487. The summed E-state index contributed by atoms with van der Waals surface area (Å²) in [5.74, 6) is 0.0713. The van der Waals surface area contributed by atoms with Crippen molar-refractivity contribution in [2.24, 2.45) is 0 Å². The zero-order valence-corrected chi connectivity index (χ0v) is 20.1. The van der Waals surface area contributed by atoms with Crippen LogP contribution in [-0.4, -0.2) is 42.5 Å². The molecule has 2 heterocycles. The summed E-state index contributed by atoms with van der Waals surface area (Å²) >= 11 is 7.20. The summed E-state index contributed by atoms with van der Waals surface area (Å²) in [6.07, 6.45) is 2.88. The number of aromatic nitrogens is 1. The van der Waals surface area contributed by atoms with Crippen molar-refractivity contribution in [1.29, 1.82) is 0 Å². The fourth-order valence-corrected chi connectivity index (χ4v) is 6.14. The van der Waals surface area contributed by atoms with Gasteiger partial charge in [0.25, 0.3) is 0 Å². The Morgan fingerprint density at radius 1 is 1.09 bits per heavy atom. The van der Waals surface area contributed by atoms with Crippen molar-refractivity contribution in [1.82, 2.24) is 9.29 Å². The van der Waals surface area contributed by atoms with Crippen LogP contribution in [-0.2, 0) is 14.8 Å². The number of piperidine rings is 1. The molecule has 6 nitrogen and oxygen atoms in total. The van der Waals surface area contributed by atoms with Crippen LogP contribution in [0.2, 0.25) is 5.02 Å². The second-order valence-electron chi connectivity index (χ2n) is 7.76. The molecule has 9 heteroatoms. The summed E-state index contributed by atoms with van der Waals surface area (Å²) in [5.41, 5.74) is 2.32. The highest BCUT2D eigenvalue weighted by Crippen LogP contribution is 2.28. The summed E-state index contributed by atoms with van der Waals surface area (Å²) in [4.78, 5) is 17.2. The molecule has 1 N–H and O–H groups in total. The summed E-state index contributed by atoms with van der Waals surface area (Å²) in [6.45, 7) is 3.08. The molecule has 3 aromatic rings. The Balaban J connectivity index is 1.48. The number of pyridine rings is 1. The number of hydrogen-bond donors (Lipinski definition) is 1. The molecule has 32 heavy (non-hydrogen) atoms. The molecular formula is C23H24ClN3O3S2.